The lowest BCUT2D eigenvalue weighted by Gasteiger charge is -2.29. The summed E-state index contributed by atoms with van der Waals surface area (Å²) in [6.45, 7) is 4.43. The predicted octanol–water partition coefficient (Wildman–Crippen LogP) is 2.98. The van der Waals surface area contributed by atoms with Gasteiger partial charge in [0.2, 0.25) is 0 Å². The third-order valence-electron chi connectivity index (χ3n) is 3.01. The second-order valence-corrected chi connectivity index (χ2v) is 5.66. The van der Waals surface area contributed by atoms with Crippen LogP contribution in [0.25, 0.3) is 0 Å². The van der Waals surface area contributed by atoms with Crippen molar-refractivity contribution in [2.24, 2.45) is 0 Å². The maximum Gasteiger partial charge on any atom is 0.316 e. The van der Waals surface area contributed by atoms with Crippen molar-refractivity contribution in [2.45, 2.75) is 38.7 Å². The van der Waals surface area contributed by atoms with E-state index >= 15 is 0 Å². The highest BCUT2D eigenvalue weighted by Gasteiger charge is 2.23. The van der Waals surface area contributed by atoms with Gasteiger partial charge < -0.3 is 14.5 Å². The molecule has 0 aromatic heterocycles. The number of hydroxylamine groups is 2. The Morgan fingerprint density at radius 3 is 2.43 bits per heavy atom. The van der Waals surface area contributed by atoms with Crippen LogP contribution in [0.4, 0.5) is 13.6 Å². The number of halogens is 3. The van der Waals surface area contributed by atoms with Crippen molar-refractivity contribution >= 4 is 17.0 Å². The maximum absolute atomic E-state index is 12.3. The minimum atomic E-state index is -2.60. The minimum absolute atomic E-state index is 0.137. The summed E-state index contributed by atoms with van der Waals surface area (Å²) in [7, 11) is 3.41. The fourth-order valence-corrected chi connectivity index (χ4v) is 1.77. The second kappa shape index (κ2) is 10.3. The average molecular weight is 331 g/mol. The van der Waals surface area contributed by atoms with Crippen molar-refractivity contribution < 1.29 is 23.1 Å². The second-order valence-electron chi connectivity index (χ2n) is 5.34. The van der Waals surface area contributed by atoms with E-state index in [1.54, 1.807) is 12.2 Å². The van der Waals surface area contributed by atoms with Crippen molar-refractivity contribution in [3.8, 4) is 0 Å². The molecule has 126 valence electrons. The Bertz CT molecular complexity index is 307. The molecule has 0 heterocycles. The fourth-order valence-electron chi connectivity index (χ4n) is 1.62. The zero-order valence-electron chi connectivity index (χ0n) is 13.1. The summed E-state index contributed by atoms with van der Waals surface area (Å²) in [4.78, 5) is 17.0. The highest BCUT2D eigenvalue weighted by molar-refractivity contribution is 6.62. The van der Waals surface area contributed by atoms with Crippen LogP contribution in [0.15, 0.2) is 0 Å². The standard InChI is InChI=1S/C13H25ClF2N2O3/c1-13(2,21-9-5-7-17(3)20-4)6-8-18(12(14)19)10-11(15)16/h11H,5-10H2,1-4H3. The maximum atomic E-state index is 12.3. The summed E-state index contributed by atoms with van der Waals surface area (Å²) < 4.78 is 30.4. The summed E-state index contributed by atoms with van der Waals surface area (Å²) in [5.41, 5.74) is -0.516. The summed E-state index contributed by atoms with van der Waals surface area (Å²) in [5.74, 6) is 0. The van der Waals surface area contributed by atoms with Gasteiger partial charge in [-0.3, -0.25) is 4.79 Å². The molecular weight excluding hydrogens is 306 g/mol. The molecule has 0 aromatic rings. The molecule has 0 aromatic carbocycles. The van der Waals surface area contributed by atoms with E-state index in [4.69, 9.17) is 21.2 Å². The lowest BCUT2D eigenvalue weighted by Crippen LogP contribution is -2.37. The van der Waals surface area contributed by atoms with Crippen LogP contribution in [0.2, 0.25) is 0 Å². The first-order valence-electron chi connectivity index (χ1n) is 6.79. The molecule has 0 rings (SSSR count). The number of carbonyl (C=O) groups is 1. The number of hydrogen-bond acceptors (Lipinski definition) is 4. The van der Waals surface area contributed by atoms with Gasteiger partial charge in [0.05, 0.1) is 19.3 Å². The van der Waals surface area contributed by atoms with Crippen LogP contribution >= 0.6 is 11.6 Å². The van der Waals surface area contributed by atoms with Gasteiger partial charge in [-0.25, -0.2) is 8.78 Å². The van der Waals surface area contributed by atoms with Gasteiger partial charge in [-0.2, -0.15) is 5.06 Å². The molecule has 0 bridgehead atoms. The molecule has 0 saturated carbocycles. The number of nitrogens with zero attached hydrogens (tertiary/aromatic N) is 2. The topological polar surface area (TPSA) is 42.0 Å². The van der Waals surface area contributed by atoms with Crippen molar-refractivity contribution in [3.63, 3.8) is 0 Å². The smallest absolute Gasteiger partial charge is 0.316 e. The first-order chi connectivity index (χ1) is 9.68. The first-order valence-corrected chi connectivity index (χ1v) is 7.17. The molecule has 0 aliphatic rings. The quantitative estimate of drug-likeness (QED) is 0.253. The van der Waals surface area contributed by atoms with Gasteiger partial charge in [0.15, 0.2) is 0 Å². The van der Waals surface area contributed by atoms with Crippen LogP contribution in [0.1, 0.15) is 26.7 Å². The van der Waals surface area contributed by atoms with Crippen LogP contribution in [0.3, 0.4) is 0 Å². The predicted molar refractivity (Wildman–Crippen MR) is 77.7 cm³/mol. The zero-order chi connectivity index (χ0) is 16.5. The SMILES string of the molecule is CON(C)CCCOC(C)(C)CCN(CC(F)F)C(=O)Cl. The van der Waals surface area contributed by atoms with Gasteiger partial charge in [-0.15, -0.1) is 0 Å². The number of amides is 1. The largest absolute Gasteiger partial charge is 0.375 e. The lowest BCUT2D eigenvalue weighted by atomic mass is 10.0. The Kier molecular flexibility index (Phi) is 10.0. The third kappa shape index (κ3) is 10.8. The highest BCUT2D eigenvalue weighted by Crippen LogP contribution is 2.17. The van der Waals surface area contributed by atoms with E-state index in [0.29, 0.717) is 13.0 Å². The monoisotopic (exact) mass is 330 g/mol. The molecule has 0 fully saturated rings. The number of hydrogen-bond donors (Lipinski definition) is 0. The minimum Gasteiger partial charge on any atom is -0.375 e. The van der Waals surface area contributed by atoms with E-state index < -0.39 is 23.9 Å². The Labute approximate surface area is 130 Å². The Balaban J connectivity index is 4.06. The Hall–Kier alpha value is -0.500. The molecule has 21 heavy (non-hydrogen) atoms. The summed E-state index contributed by atoms with van der Waals surface area (Å²) in [5, 5.41) is 0.820. The molecule has 8 heteroatoms. The van der Waals surface area contributed by atoms with Crippen molar-refractivity contribution in [2.75, 3.05) is 40.4 Å². The van der Waals surface area contributed by atoms with E-state index in [2.05, 4.69) is 0 Å². The molecular formula is C13H25ClF2N2O3. The van der Waals surface area contributed by atoms with Crippen LogP contribution in [0, 0.1) is 0 Å². The van der Waals surface area contributed by atoms with E-state index in [1.807, 2.05) is 20.9 Å². The molecule has 0 aliphatic heterocycles. The van der Waals surface area contributed by atoms with E-state index in [9.17, 15) is 13.6 Å². The Morgan fingerprint density at radius 2 is 1.95 bits per heavy atom. The van der Waals surface area contributed by atoms with Gasteiger partial charge in [0.25, 0.3) is 6.43 Å². The first kappa shape index (κ1) is 20.5. The highest BCUT2D eigenvalue weighted by atomic mass is 35.5. The van der Waals surface area contributed by atoms with Crippen LogP contribution < -0.4 is 0 Å². The fraction of sp³-hybridized carbons (Fsp3) is 0.923. The molecule has 0 saturated heterocycles. The molecule has 5 nitrogen and oxygen atoms in total. The van der Waals surface area contributed by atoms with Crippen molar-refractivity contribution in [1.82, 2.24) is 9.96 Å². The van der Waals surface area contributed by atoms with E-state index in [0.717, 1.165) is 17.9 Å². The van der Waals surface area contributed by atoms with Gasteiger partial charge in [-0.1, -0.05) is 0 Å². The van der Waals surface area contributed by atoms with Gasteiger partial charge in [-0.05, 0) is 38.3 Å². The zero-order valence-corrected chi connectivity index (χ0v) is 13.8. The van der Waals surface area contributed by atoms with E-state index in [-0.39, 0.29) is 6.54 Å². The number of alkyl halides is 2. The van der Waals surface area contributed by atoms with Gasteiger partial charge >= 0.3 is 5.37 Å². The van der Waals surface area contributed by atoms with Crippen LogP contribution in [0.5, 0.6) is 0 Å². The number of ether oxygens (including phenoxy) is 1. The van der Waals surface area contributed by atoms with Crippen molar-refractivity contribution in [1.29, 1.82) is 0 Å². The van der Waals surface area contributed by atoms with Crippen LogP contribution in [-0.4, -0.2) is 67.8 Å². The molecule has 0 unspecified atom stereocenters. The summed E-state index contributed by atoms with van der Waals surface area (Å²) in [6, 6.07) is 0. The summed E-state index contributed by atoms with van der Waals surface area (Å²) in [6.07, 6.45) is -1.39. The van der Waals surface area contributed by atoms with Crippen LogP contribution in [-0.2, 0) is 9.57 Å². The third-order valence-corrected chi connectivity index (χ3v) is 3.25. The van der Waals surface area contributed by atoms with E-state index in [1.165, 1.54) is 0 Å². The molecule has 0 N–H and O–H groups in total. The molecule has 0 radical (unpaired) electrons. The summed E-state index contributed by atoms with van der Waals surface area (Å²) >= 11 is 5.29. The molecule has 0 atom stereocenters. The number of rotatable bonds is 11. The molecule has 0 spiro atoms. The van der Waals surface area contributed by atoms with Gasteiger partial charge in [0.1, 0.15) is 0 Å². The van der Waals surface area contributed by atoms with Gasteiger partial charge in [0, 0.05) is 26.7 Å². The molecule has 0 aliphatic carbocycles. The number of carbonyl (C=O) groups excluding carboxylic acids is 1. The molecule has 1 amide bonds. The normalized spacial score (nSPS) is 12.2. The van der Waals surface area contributed by atoms with Crippen molar-refractivity contribution in [3.05, 3.63) is 0 Å². The Morgan fingerprint density at radius 1 is 1.33 bits per heavy atom. The average Bonchev–Trinajstić information content (AvgIpc) is 2.38. The lowest BCUT2D eigenvalue weighted by molar-refractivity contribution is -0.116.